The summed E-state index contributed by atoms with van der Waals surface area (Å²) in [5.41, 5.74) is -1.39. The minimum absolute atomic E-state index is 0.553. The molecule has 1 rings (SSSR count). The fourth-order valence-corrected chi connectivity index (χ4v) is 1.26. The lowest BCUT2D eigenvalue weighted by atomic mass is 10.1. The molecule has 0 aliphatic heterocycles. The second-order valence-corrected chi connectivity index (χ2v) is 3.87. The summed E-state index contributed by atoms with van der Waals surface area (Å²) in [7, 11) is 0. The summed E-state index contributed by atoms with van der Waals surface area (Å²) >= 11 is 0. The number of hydrogen-bond acceptors (Lipinski definition) is 3. The van der Waals surface area contributed by atoms with Crippen LogP contribution in [0.25, 0.3) is 0 Å². The first-order valence-corrected chi connectivity index (χ1v) is 5.35. The summed E-state index contributed by atoms with van der Waals surface area (Å²) in [5, 5.41) is 10.2. The second-order valence-electron chi connectivity index (χ2n) is 3.87. The molecule has 0 unspecified atom stereocenters. The minimum atomic E-state index is -5.20. The Kier molecular flexibility index (Phi) is 4.89. The van der Waals surface area contributed by atoms with Crippen LogP contribution < -0.4 is 10.1 Å². The van der Waals surface area contributed by atoms with Crippen molar-refractivity contribution in [2.75, 3.05) is 11.9 Å². The van der Waals surface area contributed by atoms with E-state index in [-0.39, 0.29) is 0 Å². The van der Waals surface area contributed by atoms with E-state index in [2.05, 4.69) is 4.74 Å². The highest BCUT2D eigenvalue weighted by Gasteiger charge is 2.38. The Balaban J connectivity index is 3.00. The predicted molar refractivity (Wildman–Crippen MR) is 59.6 cm³/mol. The Morgan fingerprint density at radius 1 is 1.14 bits per heavy atom. The number of carbonyl (C=O) groups excluding carboxylic acids is 1. The van der Waals surface area contributed by atoms with Crippen LogP contribution in [0.5, 0.6) is 5.75 Å². The maximum Gasteiger partial charge on any atom is 0.471 e. The van der Waals surface area contributed by atoms with E-state index in [1.165, 1.54) is 5.32 Å². The first-order chi connectivity index (χ1) is 9.90. The van der Waals surface area contributed by atoms with Crippen LogP contribution in [-0.4, -0.2) is 35.9 Å². The van der Waals surface area contributed by atoms with Crippen molar-refractivity contribution in [3.05, 3.63) is 23.8 Å². The van der Waals surface area contributed by atoms with Gasteiger partial charge in [-0.15, -0.1) is 0 Å². The van der Waals surface area contributed by atoms with E-state index in [4.69, 9.17) is 5.11 Å². The molecule has 122 valence electrons. The molecule has 1 aromatic rings. The lowest BCUT2D eigenvalue weighted by Crippen LogP contribution is -2.30. The van der Waals surface area contributed by atoms with Gasteiger partial charge < -0.3 is 15.2 Å². The molecule has 0 aliphatic carbocycles. The highest BCUT2D eigenvalue weighted by Crippen LogP contribution is 2.26. The Bertz CT molecular complexity index is 581. The highest BCUT2D eigenvalue weighted by molar-refractivity contribution is 5.97. The second kappa shape index (κ2) is 6.12. The fraction of sp³-hybridized carbons (Fsp3) is 0.273. The molecule has 1 amide bonds. The number of nitrogens with one attached hydrogen (secondary N) is 1. The fourth-order valence-electron chi connectivity index (χ4n) is 1.26. The van der Waals surface area contributed by atoms with Gasteiger partial charge in [0, 0.05) is 5.69 Å². The quantitative estimate of drug-likeness (QED) is 0.832. The zero-order valence-electron chi connectivity index (χ0n) is 10.4. The standard InChI is InChI=1S/C11H7F6NO4/c12-10(13,14)4-22-7-2-1-5(3-6(7)8(19)20)18-9(21)11(15,16)17/h1-3H,4H2,(H,18,21)(H,19,20). The molecule has 0 fully saturated rings. The van der Waals surface area contributed by atoms with E-state index in [0.717, 1.165) is 6.07 Å². The largest absolute Gasteiger partial charge is 0.483 e. The van der Waals surface area contributed by atoms with Gasteiger partial charge in [-0.1, -0.05) is 0 Å². The van der Waals surface area contributed by atoms with E-state index in [0.29, 0.717) is 12.1 Å². The van der Waals surface area contributed by atoms with Gasteiger partial charge in [0.1, 0.15) is 11.3 Å². The Morgan fingerprint density at radius 2 is 1.73 bits per heavy atom. The molecule has 0 spiro atoms. The van der Waals surface area contributed by atoms with Gasteiger partial charge in [-0.05, 0) is 18.2 Å². The molecule has 0 heterocycles. The van der Waals surface area contributed by atoms with Crippen molar-refractivity contribution in [3.8, 4) is 5.75 Å². The summed E-state index contributed by atoms with van der Waals surface area (Å²) in [6.45, 7) is -1.78. The third kappa shape index (κ3) is 5.14. The third-order valence-electron chi connectivity index (χ3n) is 2.12. The van der Waals surface area contributed by atoms with Crippen LogP contribution in [0.1, 0.15) is 10.4 Å². The van der Waals surface area contributed by atoms with Gasteiger partial charge in [-0.2, -0.15) is 26.3 Å². The van der Waals surface area contributed by atoms with Crippen molar-refractivity contribution in [2.45, 2.75) is 12.4 Å². The Morgan fingerprint density at radius 3 is 2.18 bits per heavy atom. The summed E-state index contributed by atoms with van der Waals surface area (Å²) in [6.07, 6.45) is -9.92. The molecular formula is C11H7F6NO4. The Hall–Kier alpha value is -2.46. The van der Waals surface area contributed by atoms with Gasteiger partial charge in [0.05, 0.1) is 0 Å². The smallest absolute Gasteiger partial charge is 0.471 e. The average molecular weight is 331 g/mol. The summed E-state index contributed by atoms with van der Waals surface area (Å²) in [5.74, 6) is -4.79. The van der Waals surface area contributed by atoms with Crippen molar-refractivity contribution < 1.29 is 45.8 Å². The molecule has 22 heavy (non-hydrogen) atoms. The van der Waals surface area contributed by atoms with Crippen molar-refractivity contribution in [1.82, 2.24) is 0 Å². The molecular weight excluding hydrogens is 324 g/mol. The lowest BCUT2D eigenvalue weighted by Gasteiger charge is -2.13. The molecule has 11 heteroatoms. The van der Waals surface area contributed by atoms with Crippen LogP contribution >= 0.6 is 0 Å². The summed E-state index contributed by atoms with van der Waals surface area (Å²) in [4.78, 5) is 21.6. The zero-order chi connectivity index (χ0) is 17.1. The van der Waals surface area contributed by atoms with Crippen LogP contribution in [0.15, 0.2) is 18.2 Å². The number of carboxylic acids is 1. The van der Waals surface area contributed by atoms with E-state index in [1.54, 1.807) is 0 Å². The highest BCUT2D eigenvalue weighted by atomic mass is 19.4. The number of anilines is 1. The lowest BCUT2D eigenvalue weighted by molar-refractivity contribution is -0.167. The van der Waals surface area contributed by atoms with Crippen LogP contribution in [0.4, 0.5) is 32.0 Å². The van der Waals surface area contributed by atoms with Crippen molar-refractivity contribution >= 4 is 17.6 Å². The van der Waals surface area contributed by atoms with Gasteiger partial charge in [0.2, 0.25) is 0 Å². The molecule has 0 atom stereocenters. The number of carbonyl (C=O) groups is 2. The molecule has 0 aliphatic rings. The zero-order valence-corrected chi connectivity index (χ0v) is 10.4. The van der Waals surface area contributed by atoms with Crippen molar-refractivity contribution in [2.24, 2.45) is 0 Å². The number of carboxylic acid groups (broad SMARTS) is 1. The molecule has 2 N–H and O–H groups in total. The minimum Gasteiger partial charge on any atom is -0.483 e. The summed E-state index contributed by atoms with van der Waals surface area (Å²) in [6, 6.07) is 2.04. The predicted octanol–water partition coefficient (Wildman–Crippen LogP) is 2.83. The Labute approximate surface area is 118 Å². The molecule has 0 saturated heterocycles. The van der Waals surface area contributed by atoms with Crippen molar-refractivity contribution in [3.63, 3.8) is 0 Å². The van der Waals surface area contributed by atoms with Gasteiger partial charge >= 0.3 is 24.2 Å². The number of aromatic carboxylic acids is 1. The number of halogens is 6. The van der Waals surface area contributed by atoms with Crippen LogP contribution in [0.2, 0.25) is 0 Å². The number of alkyl halides is 6. The van der Waals surface area contributed by atoms with Crippen molar-refractivity contribution in [1.29, 1.82) is 0 Å². The summed E-state index contributed by atoms with van der Waals surface area (Å²) < 4.78 is 76.4. The number of hydrogen-bond donors (Lipinski definition) is 2. The molecule has 0 radical (unpaired) electrons. The maximum absolute atomic E-state index is 12.0. The molecule has 0 saturated carbocycles. The van der Waals surface area contributed by atoms with E-state index in [1.807, 2.05) is 0 Å². The number of amides is 1. The number of ether oxygens (including phenoxy) is 1. The van der Waals surface area contributed by atoms with E-state index < -0.39 is 47.8 Å². The van der Waals surface area contributed by atoms with Crippen LogP contribution in [-0.2, 0) is 4.79 Å². The molecule has 0 aromatic heterocycles. The van der Waals surface area contributed by atoms with Gasteiger partial charge in [0.25, 0.3) is 0 Å². The first-order valence-electron chi connectivity index (χ1n) is 5.35. The van der Waals surface area contributed by atoms with Gasteiger partial charge in [0.15, 0.2) is 6.61 Å². The van der Waals surface area contributed by atoms with Gasteiger partial charge in [-0.25, -0.2) is 4.79 Å². The first kappa shape index (κ1) is 17.6. The normalized spacial score (nSPS) is 11.9. The number of benzene rings is 1. The van der Waals surface area contributed by atoms with Gasteiger partial charge in [-0.3, -0.25) is 4.79 Å². The number of rotatable bonds is 4. The molecule has 1 aromatic carbocycles. The average Bonchev–Trinajstić information content (AvgIpc) is 2.34. The molecule has 5 nitrogen and oxygen atoms in total. The SMILES string of the molecule is O=C(O)c1cc(NC(=O)C(F)(F)F)ccc1OCC(F)(F)F. The van der Waals surface area contributed by atoms with E-state index in [9.17, 15) is 35.9 Å². The monoisotopic (exact) mass is 331 g/mol. The van der Waals surface area contributed by atoms with Crippen LogP contribution in [0.3, 0.4) is 0 Å². The topological polar surface area (TPSA) is 75.6 Å². The van der Waals surface area contributed by atoms with Crippen LogP contribution in [0, 0.1) is 0 Å². The maximum atomic E-state index is 12.0. The molecule has 0 bridgehead atoms. The van der Waals surface area contributed by atoms with E-state index >= 15 is 0 Å². The third-order valence-corrected chi connectivity index (χ3v) is 2.12.